The fourth-order valence-electron chi connectivity index (χ4n) is 2.76. The van der Waals surface area contributed by atoms with Crippen LogP contribution in [0, 0.1) is 0 Å². The van der Waals surface area contributed by atoms with Crippen LogP contribution in [0.25, 0.3) is 0 Å². The topological polar surface area (TPSA) is 69.7 Å². The molecule has 1 amide bonds. The average Bonchev–Trinajstić information content (AvgIpc) is 2.68. The van der Waals surface area contributed by atoms with E-state index in [1.165, 1.54) is 4.31 Å². The number of benzene rings is 2. The second kappa shape index (κ2) is 7.67. The van der Waals surface area contributed by atoms with Crippen molar-refractivity contribution in [2.45, 2.75) is 4.90 Å². The fraction of sp³-hybridized carbons (Fsp3) is 0.278. The first-order chi connectivity index (χ1) is 12.1. The molecule has 1 N–H and O–H groups in total. The molecule has 7 heteroatoms. The molecule has 0 spiro atoms. The van der Waals surface area contributed by atoms with Gasteiger partial charge in [0.2, 0.25) is 15.9 Å². The van der Waals surface area contributed by atoms with E-state index in [1.54, 1.807) is 35.2 Å². The zero-order chi connectivity index (χ0) is 17.7. The number of piperazine rings is 1. The van der Waals surface area contributed by atoms with Crippen LogP contribution in [-0.4, -0.2) is 56.3 Å². The summed E-state index contributed by atoms with van der Waals surface area (Å²) in [4.78, 5) is 14.3. The van der Waals surface area contributed by atoms with E-state index in [2.05, 4.69) is 5.32 Å². The molecule has 0 bridgehead atoms. The van der Waals surface area contributed by atoms with Gasteiger partial charge in [0.1, 0.15) is 0 Å². The minimum atomic E-state index is -3.49. The van der Waals surface area contributed by atoms with Crippen LogP contribution in [0.15, 0.2) is 65.6 Å². The van der Waals surface area contributed by atoms with Crippen LogP contribution in [-0.2, 0) is 14.8 Å². The maximum Gasteiger partial charge on any atom is 0.243 e. The van der Waals surface area contributed by atoms with Gasteiger partial charge in [0.05, 0.1) is 11.4 Å². The van der Waals surface area contributed by atoms with Crippen molar-refractivity contribution in [2.24, 2.45) is 0 Å². The van der Waals surface area contributed by atoms with Gasteiger partial charge in [-0.1, -0.05) is 36.4 Å². The maximum atomic E-state index is 12.6. The van der Waals surface area contributed by atoms with Gasteiger partial charge < -0.3 is 10.2 Å². The van der Waals surface area contributed by atoms with E-state index in [4.69, 9.17) is 0 Å². The second-order valence-corrected chi connectivity index (χ2v) is 7.76. The van der Waals surface area contributed by atoms with Crippen molar-refractivity contribution in [3.8, 4) is 0 Å². The molecular formula is C18H21N3O3S. The third-order valence-electron chi connectivity index (χ3n) is 4.19. The highest BCUT2D eigenvalue weighted by molar-refractivity contribution is 7.89. The van der Waals surface area contributed by atoms with Crippen LogP contribution in [0.3, 0.4) is 0 Å². The van der Waals surface area contributed by atoms with Gasteiger partial charge in [-0.15, -0.1) is 0 Å². The van der Waals surface area contributed by atoms with Crippen LogP contribution < -0.4 is 5.32 Å². The molecule has 2 aromatic carbocycles. The predicted molar refractivity (Wildman–Crippen MR) is 96.7 cm³/mol. The van der Waals surface area contributed by atoms with Crippen LogP contribution in [0.4, 0.5) is 5.69 Å². The minimum Gasteiger partial charge on any atom is -0.376 e. The highest BCUT2D eigenvalue weighted by Gasteiger charge is 2.29. The molecule has 0 unspecified atom stereocenters. The second-order valence-electron chi connectivity index (χ2n) is 5.82. The Labute approximate surface area is 148 Å². The number of nitrogens with zero attached hydrogens (tertiary/aromatic N) is 2. The summed E-state index contributed by atoms with van der Waals surface area (Å²) in [6, 6.07) is 17.9. The monoisotopic (exact) mass is 359 g/mol. The Morgan fingerprint density at radius 1 is 0.880 bits per heavy atom. The summed E-state index contributed by atoms with van der Waals surface area (Å²) in [7, 11) is -3.49. The van der Waals surface area contributed by atoms with Crippen molar-refractivity contribution in [3.63, 3.8) is 0 Å². The summed E-state index contributed by atoms with van der Waals surface area (Å²) in [5, 5.41) is 3.09. The first-order valence-electron chi connectivity index (χ1n) is 8.19. The third kappa shape index (κ3) is 4.18. The largest absolute Gasteiger partial charge is 0.376 e. The highest BCUT2D eigenvalue weighted by atomic mass is 32.2. The summed E-state index contributed by atoms with van der Waals surface area (Å²) in [6.07, 6.45) is 0. The van der Waals surface area contributed by atoms with Crippen LogP contribution in [0.5, 0.6) is 0 Å². The Morgan fingerprint density at radius 2 is 1.44 bits per heavy atom. The van der Waals surface area contributed by atoms with Gasteiger partial charge in [0.25, 0.3) is 0 Å². The quantitative estimate of drug-likeness (QED) is 0.881. The lowest BCUT2D eigenvalue weighted by molar-refractivity contribution is -0.130. The number of carbonyl (C=O) groups is 1. The van der Waals surface area contributed by atoms with Crippen molar-refractivity contribution in [1.29, 1.82) is 0 Å². The Balaban J connectivity index is 1.54. The van der Waals surface area contributed by atoms with E-state index in [0.717, 1.165) is 5.69 Å². The lowest BCUT2D eigenvalue weighted by atomic mass is 10.3. The first kappa shape index (κ1) is 17.4. The van der Waals surface area contributed by atoms with Gasteiger partial charge in [-0.2, -0.15) is 4.31 Å². The Hall–Kier alpha value is -2.38. The standard InChI is InChI=1S/C18H21N3O3S/c22-18(15-19-16-7-3-1-4-8-16)20-11-13-21(14-12-20)25(23,24)17-9-5-2-6-10-17/h1-10,19H,11-15H2. The third-order valence-corrected chi connectivity index (χ3v) is 6.10. The number of sulfonamides is 1. The lowest BCUT2D eigenvalue weighted by Gasteiger charge is -2.34. The number of hydrogen-bond acceptors (Lipinski definition) is 4. The van der Waals surface area contributed by atoms with Gasteiger partial charge in [-0.25, -0.2) is 8.42 Å². The van der Waals surface area contributed by atoms with E-state index in [-0.39, 0.29) is 12.5 Å². The van der Waals surface area contributed by atoms with Gasteiger partial charge in [-0.3, -0.25) is 4.79 Å². The molecule has 0 radical (unpaired) electrons. The molecule has 0 saturated carbocycles. The molecule has 1 aliphatic heterocycles. The van der Waals surface area contributed by atoms with E-state index in [0.29, 0.717) is 31.1 Å². The molecule has 0 aromatic heterocycles. The van der Waals surface area contributed by atoms with Gasteiger partial charge in [0, 0.05) is 31.9 Å². The number of amides is 1. The molecular weight excluding hydrogens is 338 g/mol. The average molecular weight is 359 g/mol. The lowest BCUT2D eigenvalue weighted by Crippen LogP contribution is -2.51. The van der Waals surface area contributed by atoms with Gasteiger partial charge in [-0.05, 0) is 24.3 Å². The maximum absolute atomic E-state index is 12.6. The number of carbonyl (C=O) groups excluding carboxylic acids is 1. The van der Waals surface area contributed by atoms with Crippen molar-refractivity contribution >= 4 is 21.6 Å². The van der Waals surface area contributed by atoms with E-state index in [9.17, 15) is 13.2 Å². The normalized spacial score (nSPS) is 15.8. The smallest absolute Gasteiger partial charge is 0.243 e. The molecule has 0 atom stereocenters. The zero-order valence-electron chi connectivity index (χ0n) is 13.8. The molecule has 0 aliphatic carbocycles. The zero-order valence-corrected chi connectivity index (χ0v) is 14.7. The highest BCUT2D eigenvalue weighted by Crippen LogP contribution is 2.17. The van der Waals surface area contributed by atoms with Crippen molar-refractivity contribution in [2.75, 3.05) is 38.0 Å². The molecule has 1 aliphatic rings. The summed E-state index contributed by atoms with van der Waals surface area (Å²) >= 11 is 0. The fourth-order valence-corrected chi connectivity index (χ4v) is 4.21. The van der Waals surface area contributed by atoms with Crippen molar-refractivity contribution in [1.82, 2.24) is 9.21 Å². The summed E-state index contributed by atoms with van der Waals surface area (Å²) in [5.74, 6) is -0.0272. The molecule has 6 nitrogen and oxygen atoms in total. The van der Waals surface area contributed by atoms with Crippen LogP contribution in [0.1, 0.15) is 0 Å². The Bertz CT molecular complexity index is 802. The Morgan fingerprint density at radius 3 is 2.04 bits per heavy atom. The molecule has 25 heavy (non-hydrogen) atoms. The van der Waals surface area contributed by atoms with Crippen molar-refractivity contribution < 1.29 is 13.2 Å². The SMILES string of the molecule is O=C(CNc1ccccc1)N1CCN(S(=O)(=O)c2ccccc2)CC1. The molecule has 1 heterocycles. The number of anilines is 1. The van der Waals surface area contributed by atoms with E-state index < -0.39 is 10.0 Å². The number of rotatable bonds is 5. The predicted octanol–water partition coefficient (Wildman–Crippen LogP) is 1.63. The molecule has 132 valence electrons. The van der Waals surface area contributed by atoms with Crippen LogP contribution in [0.2, 0.25) is 0 Å². The summed E-state index contributed by atoms with van der Waals surface area (Å²) in [6.45, 7) is 1.64. The molecule has 1 fully saturated rings. The molecule has 2 aromatic rings. The number of nitrogens with one attached hydrogen (secondary N) is 1. The van der Waals surface area contributed by atoms with Gasteiger partial charge >= 0.3 is 0 Å². The molecule has 3 rings (SSSR count). The Kier molecular flexibility index (Phi) is 5.35. The van der Waals surface area contributed by atoms with Crippen molar-refractivity contribution in [3.05, 3.63) is 60.7 Å². The number of para-hydroxylation sites is 1. The summed E-state index contributed by atoms with van der Waals surface area (Å²) in [5.41, 5.74) is 0.890. The van der Waals surface area contributed by atoms with Gasteiger partial charge in [0.15, 0.2) is 0 Å². The molecule has 1 saturated heterocycles. The number of hydrogen-bond donors (Lipinski definition) is 1. The van der Waals surface area contributed by atoms with E-state index >= 15 is 0 Å². The van der Waals surface area contributed by atoms with E-state index in [1.807, 2.05) is 30.3 Å². The first-order valence-corrected chi connectivity index (χ1v) is 9.63. The van der Waals surface area contributed by atoms with Crippen LogP contribution >= 0.6 is 0 Å². The summed E-state index contributed by atoms with van der Waals surface area (Å²) < 4.78 is 26.6. The minimum absolute atomic E-state index is 0.0272.